The molecule has 0 saturated carbocycles. The van der Waals surface area contributed by atoms with Gasteiger partial charge in [-0.3, -0.25) is 0 Å². The molecule has 4 aromatic rings. The van der Waals surface area contributed by atoms with Crippen LogP contribution in [0.25, 0.3) is 0 Å². The summed E-state index contributed by atoms with van der Waals surface area (Å²) in [4.78, 5) is 43.3. The van der Waals surface area contributed by atoms with Crippen LogP contribution in [0.4, 0.5) is 0 Å². The van der Waals surface area contributed by atoms with E-state index in [4.69, 9.17) is 4.74 Å². The molecule has 45 heavy (non-hydrogen) atoms. The number of esters is 1. The summed E-state index contributed by atoms with van der Waals surface area (Å²) >= 11 is 5.89. The minimum absolute atomic E-state index is 0.0380. The number of carbonyl (C=O) groups is 3. The molecule has 3 aromatic carbocycles. The molecule has 2 aliphatic heterocycles. The average molecular weight is 766 g/mol. The predicted octanol–water partition coefficient (Wildman–Crippen LogP) is 6.64. The molecule has 3 heterocycles. The van der Waals surface area contributed by atoms with Crippen LogP contribution < -0.4 is 15.9 Å². The van der Waals surface area contributed by atoms with E-state index in [1.165, 1.54) is 22.0 Å². The van der Waals surface area contributed by atoms with Crippen molar-refractivity contribution in [2.24, 2.45) is 5.92 Å². The number of rotatable bonds is 12. The van der Waals surface area contributed by atoms with Crippen LogP contribution in [-0.2, 0) is 25.5 Å². The molecule has 6 rings (SSSR count). The molecule has 2 aliphatic rings. The zero-order chi connectivity index (χ0) is 31.5. The van der Waals surface area contributed by atoms with E-state index in [0.29, 0.717) is 24.0 Å². The van der Waals surface area contributed by atoms with E-state index in [1.807, 2.05) is 35.7 Å². The molecule has 0 spiro atoms. The maximum atomic E-state index is 13.9. The Balaban J connectivity index is 1.46. The van der Waals surface area contributed by atoms with Gasteiger partial charge in [-0.2, -0.15) is 0 Å². The van der Waals surface area contributed by atoms with Gasteiger partial charge in [0, 0.05) is 0 Å². The molecule has 230 valence electrons. The first-order valence-corrected chi connectivity index (χ1v) is 21.9. The molecule has 1 amide bonds. The van der Waals surface area contributed by atoms with Gasteiger partial charge < -0.3 is 0 Å². The SMILES string of the molecule is C=CCOC(=O)C1=C(CP(I)(c2ccccc2)(c2ccccc2)c2ccccc2)CSC2C(CC(=O)Cc3cccs3)C(=O)N12. The number of hydrogen-bond acceptors (Lipinski definition) is 6. The van der Waals surface area contributed by atoms with Gasteiger partial charge in [0.2, 0.25) is 0 Å². The minimum atomic E-state index is -3.31. The van der Waals surface area contributed by atoms with E-state index >= 15 is 0 Å². The molecule has 2 unspecified atom stereocenters. The second kappa shape index (κ2) is 13.4. The number of nitrogens with zero attached hydrogens (tertiary/aromatic N) is 1. The second-order valence-corrected chi connectivity index (χ2v) is 24.0. The van der Waals surface area contributed by atoms with E-state index < -0.39 is 16.1 Å². The van der Waals surface area contributed by atoms with Gasteiger partial charge >= 0.3 is 287 Å². The molecule has 2 atom stereocenters. The van der Waals surface area contributed by atoms with Gasteiger partial charge in [0.1, 0.15) is 0 Å². The van der Waals surface area contributed by atoms with Gasteiger partial charge in [-0.25, -0.2) is 0 Å². The molecule has 1 saturated heterocycles. The van der Waals surface area contributed by atoms with E-state index in [2.05, 4.69) is 101 Å². The molecule has 1 fully saturated rings. The number of amides is 1. The van der Waals surface area contributed by atoms with Crippen molar-refractivity contribution in [2.75, 3.05) is 18.5 Å². The van der Waals surface area contributed by atoms with Gasteiger partial charge in [0.05, 0.1) is 0 Å². The number of halogens is 1. The summed E-state index contributed by atoms with van der Waals surface area (Å²) in [6.07, 6.45) is 2.57. The van der Waals surface area contributed by atoms with E-state index in [-0.39, 0.29) is 30.1 Å². The fraction of sp³-hybridized carbons (Fsp3) is 0.194. The van der Waals surface area contributed by atoms with Crippen molar-refractivity contribution < 1.29 is 19.1 Å². The number of carbonyl (C=O) groups excluding carboxylic acids is 3. The third kappa shape index (κ3) is 5.86. The normalized spacial score (nSPS) is 18.7. The molecule has 0 N–H and O–H groups in total. The summed E-state index contributed by atoms with van der Waals surface area (Å²) < 4.78 is 2.33. The third-order valence-electron chi connectivity index (χ3n) is 8.45. The first-order valence-electron chi connectivity index (χ1n) is 14.7. The maximum absolute atomic E-state index is 13.9. The molecule has 1 aromatic heterocycles. The number of benzene rings is 3. The summed E-state index contributed by atoms with van der Waals surface area (Å²) in [5.41, 5.74) is 1.20. The Hall–Kier alpha value is -3.04. The van der Waals surface area contributed by atoms with Crippen LogP contribution in [0.5, 0.6) is 0 Å². The Bertz CT molecular complexity index is 1650. The van der Waals surface area contributed by atoms with Crippen molar-refractivity contribution in [1.29, 1.82) is 0 Å². The summed E-state index contributed by atoms with van der Waals surface area (Å²) in [6, 6.07) is 35.4. The standard InChI is InChI=1S/C36H33INO4PS2/c1-2-20-42-36(41)33-26(25-45-35-32(34(40)38(33)35)23-27(39)22-31-19-12-21-44-31)24-43(37,28-13-6-3-7-14-28,29-15-8-4-9-16-29)30-17-10-5-11-18-30/h2-19,21,32,35H,1,20,22-25H2. The molecule has 9 heteroatoms. The van der Waals surface area contributed by atoms with Crippen molar-refractivity contribution in [2.45, 2.75) is 18.2 Å². The van der Waals surface area contributed by atoms with E-state index in [9.17, 15) is 14.4 Å². The molecular formula is C36H33INO4PS2. The number of thioether (sulfide) groups is 1. The Morgan fingerprint density at radius 1 is 0.911 bits per heavy atom. The van der Waals surface area contributed by atoms with Gasteiger partial charge in [0.15, 0.2) is 0 Å². The Morgan fingerprint density at radius 3 is 2.00 bits per heavy atom. The van der Waals surface area contributed by atoms with Crippen LogP contribution >= 0.6 is 49.4 Å². The first kappa shape index (κ1) is 31.9. The summed E-state index contributed by atoms with van der Waals surface area (Å²) in [5.74, 6) is -0.588. The quantitative estimate of drug-likeness (QED) is 0.0533. The molecule has 0 aliphatic carbocycles. The number of fused-ring (bicyclic) bond motifs is 1. The van der Waals surface area contributed by atoms with Crippen molar-refractivity contribution in [3.05, 3.63) is 137 Å². The third-order valence-corrected chi connectivity index (χ3v) is 21.9. The summed E-state index contributed by atoms with van der Waals surface area (Å²) in [6.45, 7) is 3.76. The summed E-state index contributed by atoms with van der Waals surface area (Å²) in [5, 5.41) is 5.23. The van der Waals surface area contributed by atoms with Crippen molar-refractivity contribution in [1.82, 2.24) is 4.90 Å². The van der Waals surface area contributed by atoms with Crippen LogP contribution in [0, 0.1) is 5.92 Å². The Morgan fingerprint density at radius 2 is 1.49 bits per heavy atom. The van der Waals surface area contributed by atoms with Gasteiger partial charge in [-0.1, -0.05) is 0 Å². The Kier molecular flexibility index (Phi) is 9.48. The van der Waals surface area contributed by atoms with E-state index in [0.717, 1.165) is 10.5 Å². The monoisotopic (exact) mass is 765 g/mol. The molecule has 0 bridgehead atoms. The van der Waals surface area contributed by atoms with Crippen LogP contribution in [0.2, 0.25) is 0 Å². The number of Topliss-reactive ketones (excluding diaryl/α,β-unsaturated/α-hetero) is 1. The fourth-order valence-corrected chi connectivity index (χ4v) is 17.6. The van der Waals surface area contributed by atoms with Gasteiger partial charge in [-0.05, 0) is 0 Å². The number of β-lactam (4-membered cyclic amide) rings is 1. The Labute approximate surface area is 285 Å². The zero-order valence-electron chi connectivity index (χ0n) is 24.6. The average Bonchev–Trinajstić information content (AvgIpc) is 3.60. The number of hydrogen-bond donors (Lipinski definition) is 0. The van der Waals surface area contributed by atoms with E-state index in [1.54, 1.807) is 28.0 Å². The van der Waals surface area contributed by atoms with Crippen LogP contribution in [0.15, 0.2) is 132 Å². The van der Waals surface area contributed by atoms with Crippen molar-refractivity contribution in [3.8, 4) is 0 Å². The first-order chi connectivity index (χ1) is 21.8. The van der Waals surface area contributed by atoms with Crippen molar-refractivity contribution >= 4 is 83.0 Å². The van der Waals surface area contributed by atoms with Crippen LogP contribution in [0.3, 0.4) is 0 Å². The molecule has 0 radical (unpaired) electrons. The van der Waals surface area contributed by atoms with Gasteiger partial charge in [-0.15, -0.1) is 0 Å². The fourth-order valence-electron chi connectivity index (χ4n) is 6.35. The number of ether oxygens (including phenoxy) is 1. The van der Waals surface area contributed by atoms with Crippen LogP contribution in [-0.4, -0.2) is 46.5 Å². The number of ketones is 1. The summed E-state index contributed by atoms with van der Waals surface area (Å²) in [7, 11) is 0. The molecular weight excluding hydrogens is 732 g/mol. The van der Waals surface area contributed by atoms with Gasteiger partial charge in [0.25, 0.3) is 0 Å². The van der Waals surface area contributed by atoms with Crippen LogP contribution in [0.1, 0.15) is 11.3 Å². The second-order valence-electron chi connectivity index (χ2n) is 11.2. The topological polar surface area (TPSA) is 63.7 Å². The predicted molar refractivity (Wildman–Crippen MR) is 196 cm³/mol. The number of thiophene rings is 1. The van der Waals surface area contributed by atoms with Crippen molar-refractivity contribution in [3.63, 3.8) is 0 Å². The zero-order valence-corrected chi connectivity index (χ0v) is 29.3. The molecule has 5 nitrogen and oxygen atoms in total.